The monoisotopic (exact) mass is 412 g/mol. The van der Waals surface area contributed by atoms with Crippen LogP contribution in [0.4, 0.5) is 0 Å². The highest BCUT2D eigenvalue weighted by Gasteiger charge is 2.13. The smallest absolute Gasteiger partial charge is 0.306 e. The molecule has 0 amide bonds. The molecule has 0 fully saturated rings. The Bertz CT molecular complexity index is 381. The Hall–Kier alpha value is -1.06. The van der Waals surface area contributed by atoms with E-state index in [2.05, 4.69) is 20.8 Å². The number of hydrogen-bond acceptors (Lipinski definition) is 4. The van der Waals surface area contributed by atoms with Crippen LogP contribution in [-0.4, -0.2) is 25.2 Å². The van der Waals surface area contributed by atoms with E-state index in [9.17, 15) is 9.59 Å². The van der Waals surface area contributed by atoms with Gasteiger partial charge < -0.3 is 9.47 Å². The first kappa shape index (κ1) is 27.9. The lowest BCUT2D eigenvalue weighted by atomic mass is 9.95. The van der Waals surface area contributed by atoms with Gasteiger partial charge in [-0.25, -0.2) is 0 Å². The lowest BCUT2D eigenvalue weighted by Gasteiger charge is -2.14. The molecule has 29 heavy (non-hydrogen) atoms. The zero-order chi connectivity index (χ0) is 21.6. The van der Waals surface area contributed by atoms with Crippen molar-refractivity contribution in [3.05, 3.63) is 0 Å². The zero-order valence-electron chi connectivity index (χ0n) is 19.6. The molecule has 0 aliphatic heterocycles. The maximum Gasteiger partial charge on any atom is 0.306 e. The van der Waals surface area contributed by atoms with Crippen molar-refractivity contribution >= 4 is 11.9 Å². The summed E-state index contributed by atoms with van der Waals surface area (Å²) in [5, 5.41) is 0. The fraction of sp³-hybridized carbons (Fsp3) is 0.920. The Morgan fingerprint density at radius 2 is 1.14 bits per heavy atom. The lowest BCUT2D eigenvalue weighted by Crippen LogP contribution is -2.12. The molecule has 0 aliphatic carbocycles. The number of rotatable bonds is 21. The summed E-state index contributed by atoms with van der Waals surface area (Å²) in [6, 6.07) is 0. The van der Waals surface area contributed by atoms with Gasteiger partial charge in [-0.3, -0.25) is 9.59 Å². The van der Waals surface area contributed by atoms with E-state index in [0.717, 1.165) is 64.2 Å². The van der Waals surface area contributed by atoms with Crippen molar-refractivity contribution in [1.82, 2.24) is 0 Å². The van der Waals surface area contributed by atoms with Crippen LogP contribution in [0.15, 0.2) is 0 Å². The first-order chi connectivity index (χ1) is 14.1. The summed E-state index contributed by atoms with van der Waals surface area (Å²) in [4.78, 5) is 23.5. The minimum atomic E-state index is -0.0319. The van der Waals surface area contributed by atoms with E-state index in [-0.39, 0.29) is 11.9 Å². The molecule has 4 heteroatoms. The molecule has 0 saturated carbocycles. The van der Waals surface area contributed by atoms with Crippen LogP contribution in [0.3, 0.4) is 0 Å². The molecule has 0 aromatic heterocycles. The van der Waals surface area contributed by atoms with Crippen LogP contribution < -0.4 is 0 Å². The second-order valence-corrected chi connectivity index (χ2v) is 8.35. The van der Waals surface area contributed by atoms with Crippen molar-refractivity contribution in [2.75, 3.05) is 13.2 Å². The van der Waals surface area contributed by atoms with Gasteiger partial charge in [0, 0.05) is 12.8 Å². The Labute approximate surface area is 180 Å². The van der Waals surface area contributed by atoms with E-state index in [1.54, 1.807) is 0 Å². The molecular formula is C25H48O4. The Morgan fingerprint density at radius 3 is 1.69 bits per heavy atom. The average molecular weight is 413 g/mol. The van der Waals surface area contributed by atoms with Gasteiger partial charge in [0.1, 0.15) is 0 Å². The summed E-state index contributed by atoms with van der Waals surface area (Å²) in [6.45, 7) is 7.64. The molecule has 0 heterocycles. The Balaban J connectivity index is 3.48. The topological polar surface area (TPSA) is 52.6 Å². The van der Waals surface area contributed by atoms with Crippen LogP contribution in [0.2, 0.25) is 0 Å². The molecule has 0 spiro atoms. The first-order valence-electron chi connectivity index (χ1n) is 12.4. The second kappa shape index (κ2) is 21.6. The Kier molecular flexibility index (Phi) is 20.9. The van der Waals surface area contributed by atoms with E-state index < -0.39 is 0 Å². The third-order valence-corrected chi connectivity index (χ3v) is 5.55. The van der Waals surface area contributed by atoms with Crippen LogP contribution in [0.5, 0.6) is 0 Å². The van der Waals surface area contributed by atoms with Crippen LogP contribution in [-0.2, 0) is 19.1 Å². The van der Waals surface area contributed by atoms with Gasteiger partial charge in [-0.05, 0) is 31.6 Å². The van der Waals surface area contributed by atoms with Gasteiger partial charge in [0.15, 0.2) is 0 Å². The summed E-state index contributed by atoms with van der Waals surface area (Å²) in [5.74, 6) is 0.421. The molecular weight excluding hydrogens is 364 g/mol. The highest BCUT2D eigenvalue weighted by molar-refractivity contribution is 5.69. The van der Waals surface area contributed by atoms with Crippen molar-refractivity contribution in [2.24, 2.45) is 5.92 Å². The highest BCUT2D eigenvalue weighted by Crippen LogP contribution is 2.19. The molecule has 0 bridgehead atoms. The number of carbonyl (C=O) groups is 2. The largest absolute Gasteiger partial charge is 0.466 e. The lowest BCUT2D eigenvalue weighted by molar-refractivity contribution is -0.145. The summed E-state index contributed by atoms with van der Waals surface area (Å²) in [5.41, 5.74) is 0. The van der Waals surface area contributed by atoms with Crippen LogP contribution in [0, 0.1) is 5.92 Å². The van der Waals surface area contributed by atoms with E-state index in [1.165, 1.54) is 32.1 Å². The quantitative estimate of drug-likeness (QED) is 0.146. The fourth-order valence-electron chi connectivity index (χ4n) is 3.48. The van der Waals surface area contributed by atoms with Gasteiger partial charge in [0.25, 0.3) is 0 Å². The van der Waals surface area contributed by atoms with Gasteiger partial charge in [-0.2, -0.15) is 0 Å². The standard InChI is InChI=1S/C25H48O4/c1-4-7-16-20-28-24(26)19-15-13-11-9-10-12-14-18-23(6-3)22-25(27)29-21-17-8-5-2/h23H,4-22H2,1-3H3. The van der Waals surface area contributed by atoms with E-state index in [1.807, 2.05) is 0 Å². The van der Waals surface area contributed by atoms with E-state index in [4.69, 9.17) is 9.47 Å². The first-order valence-corrected chi connectivity index (χ1v) is 12.4. The van der Waals surface area contributed by atoms with Crippen LogP contribution in [0.25, 0.3) is 0 Å². The summed E-state index contributed by atoms with van der Waals surface area (Å²) >= 11 is 0. The second-order valence-electron chi connectivity index (χ2n) is 8.35. The molecule has 0 rings (SSSR count). The third-order valence-electron chi connectivity index (χ3n) is 5.55. The fourth-order valence-corrected chi connectivity index (χ4v) is 3.48. The van der Waals surface area contributed by atoms with E-state index in [0.29, 0.717) is 32.0 Å². The number of hydrogen-bond donors (Lipinski definition) is 0. The number of unbranched alkanes of at least 4 members (excludes halogenated alkanes) is 10. The van der Waals surface area contributed by atoms with Crippen molar-refractivity contribution in [3.63, 3.8) is 0 Å². The predicted molar refractivity (Wildman–Crippen MR) is 121 cm³/mol. The van der Waals surface area contributed by atoms with Gasteiger partial charge in [0.2, 0.25) is 0 Å². The normalized spacial score (nSPS) is 12.0. The number of ether oxygens (including phenoxy) is 2. The number of carbonyl (C=O) groups excluding carboxylic acids is 2. The summed E-state index contributed by atoms with van der Waals surface area (Å²) in [6.07, 6.45) is 18.1. The van der Waals surface area contributed by atoms with Crippen LogP contribution in [0.1, 0.15) is 130 Å². The molecule has 4 nitrogen and oxygen atoms in total. The molecule has 1 unspecified atom stereocenters. The molecule has 0 aromatic carbocycles. The summed E-state index contributed by atoms with van der Waals surface area (Å²) in [7, 11) is 0. The van der Waals surface area contributed by atoms with Crippen molar-refractivity contribution < 1.29 is 19.1 Å². The van der Waals surface area contributed by atoms with Gasteiger partial charge in [-0.15, -0.1) is 0 Å². The maximum atomic E-state index is 11.9. The predicted octanol–water partition coefficient (Wildman–Crippen LogP) is 7.38. The van der Waals surface area contributed by atoms with Gasteiger partial charge in [-0.1, -0.05) is 91.4 Å². The maximum absolute atomic E-state index is 11.9. The van der Waals surface area contributed by atoms with E-state index >= 15 is 0 Å². The van der Waals surface area contributed by atoms with Crippen LogP contribution >= 0.6 is 0 Å². The SMILES string of the molecule is CCCCCOC(=O)CCCCCCCCCC(CC)CC(=O)OCCCCC. The zero-order valence-corrected chi connectivity index (χ0v) is 19.6. The van der Waals surface area contributed by atoms with Gasteiger partial charge >= 0.3 is 11.9 Å². The Morgan fingerprint density at radius 1 is 0.621 bits per heavy atom. The number of esters is 2. The van der Waals surface area contributed by atoms with Gasteiger partial charge in [0.05, 0.1) is 13.2 Å². The molecule has 0 aliphatic rings. The van der Waals surface area contributed by atoms with Crippen molar-refractivity contribution in [3.8, 4) is 0 Å². The minimum Gasteiger partial charge on any atom is -0.466 e. The molecule has 1 atom stereocenters. The van der Waals surface area contributed by atoms with Crippen molar-refractivity contribution in [2.45, 2.75) is 130 Å². The molecule has 0 radical (unpaired) electrons. The molecule has 172 valence electrons. The minimum absolute atomic E-state index is 0.0168. The highest BCUT2D eigenvalue weighted by atomic mass is 16.5. The summed E-state index contributed by atoms with van der Waals surface area (Å²) < 4.78 is 10.6. The van der Waals surface area contributed by atoms with Crippen molar-refractivity contribution in [1.29, 1.82) is 0 Å². The molecule has 0 N–H and O–H groups in total. The third kappa shape index (κ3) is 20.0. The molecule has 0 aromatic rings. The molecule has 0 saturated heterocycles. The average Bonchev–Trinajstić information content (AvgIpc) is 2.72.